The summed E-state index contributed by atoms with van der Waals surface area (Å²) in [5.41, 5.74) is 2.20. The van der Waals surface area contributed by atoms with Crippen molar-refractivity contribution >= 4 is 0 Å². The summed E-state index contributed by atoms with van der Waals surface area (Å²) in [6, 6.07) is 2.08. The molecule has 1 fully saturated rings. The van der Waals surface area contributed by atoms with E-state index < -0.39 is 0 Å². The Kier molecular flexibility index (Phi) is 3.38. The molecule has 1 saturated heterocycles. The van der Waals surface area contributed by atoms with Crippen molar-refractivity contribution in [2.45, 2.75) is 32.5 Å². The van der Waals surface area contributed by atoms with Gasteiger partial charge in [0.15, 0.2) is 0 Å². The van der Waals surface area contributed by atoms with Crippen molar-refractivity contribution in [3.63, 3.8) is 0 Å². The van der Waals surface area contributed by atoms with E-state index in [1.54, 1.807) is 0 Å². The first-order valence-electron chi connectivity index (χ1n) is 5.57. The zero-order valence-electron chi connectivity index (χ0n) is 9.49. The highest BCUT2D eigenvalue weighted by molar-refractivity contribution is 5.07. The van der Waals surface area contributed by atoms with Gasteiger partial charge in [-0.05, 0) is 32.4 Å². The molecule has 0 amide bonds. The van der Waals surface area contributed by atoms with Gasteiger partial charge in [0, 0.05) is 13.6 Å². The molecule has 4 nitrogen and oxygen atoms in total. The summed E-state index contributed by atoms with van der Waals surface area (Å²) in [5, 5.41) is 7.64. The molecule has 0 aliphatic carbocycles. The van der Waals surface area contributed by atoms with E-state index in [2.05, 4.69) is 16.5 Å². The minimum Gasteiger partial charge on any atom is -0.371 e. The monoisotopic (exact) mass is 209 g/mol. The number of nitrogens with zero attached hydrogens (tertiary/aromatic N) is 2. The Hall–Kier alpha value is -0.870. The predicted molar refractivity (Wildman–Crippen MR) is 58.6 cm³/mol. The van der Waals surface area contributed by atoms with Crippen molar-refractivity contribution in [3.8, 4) is 0 Å². The van der Waals surface area contributed by atoms with Crippen molar-refractivity contribution in [3.05, 3.63) is 17.5 Å². The van der Waals surface area contributed by atoms with E-state index in [0.717, 1.165) is 24.5 Å². The molecule has 4 heteroatoms. The van der Waals surface area contributed by atoms with Gasteiger partial charge in [-0.15, -0.1) is 0 Å². The summed E-state index contributed by atoms with van der Waals surface area (Å²) >= 11 is 0. The SMILES string of the molecule is Cc1cc(COC2CCCNC2)n(C)n1. The van der Waals surface area contributed by atoms with Crippen LogP contribution in [0, 0.1) is 6.92 Å². The van der Waals surface area contributed by atoms with Gasteiger partial charge in [-0.25, -0.2) is 0 Å². The Morgan fingerprint density at radius 1 is 1.67 bits per heavy atom. The van der Waals surface area contributed by atoms with Gasteiger partial charge in [0.2, 0.25) is 0 Å². The van der Waals surface area contributed by atoms with Crippen molar-refractivity contribution < 1.29 is 4.74 Å². The Morgan fingerprint density at radius 2 is 2.53 bits per heavy atom. The number of ether oxygens (including phenoxy) is 1. The van der Waals surface area contributed by atoms with Crippen molar-refractivity contribution in [2.24, 2.45) is 7.05 Å². The average molecular weight is 209 g/mol. The number of hydrogen-bond donors (Lipinski definition) is 1. The second-order valence-corrected chi connectivity index (χ2v) is 4.18. The van der Waals surface area contributed by atoms with Gasteiger partial charge in [-0.2, -0.15) is 5.10 Å². The fourth-order valence-corrected chi connectivity index (χ4v) is 1.96. The highest BCUT2D eigenvalue weighted by atomic mass is 16.5. The van der Waals surface area contributed by atoms with Crippen LogP contribution in [-0.2, 0) is 18.4 Å². The normalized spacial score (nSPS) is 21.9. The van der Waals surface area contributed by atoms with Gasteiger partial charge in [-0.1, -0.05) is 0 Å². The van der Waals surface area contributed by atoms with E-state index in [1.165, 1.54) is 12.8 Å². The molecule has 0 spiro atoms. The standard InChI is InChI=1S/C11H19N3O/c1-9-6-10(14(2)13-9)8-15-11-4-3-5-12-7-11/h6,11-12H,3-5,7-8H2,1-2H3. The zero-order chi connectivity index (χ0) is 10.7. The Labute approximate surface area is 90.6 Å². The van der Waals surface area contributed by atoms with Crippen LogP contribution in [0.25, 0.3) is 0 Å². The third kappa shape index (κ3) is 2.79. The summed E-state index contributed by atoms with van der Waals surface area (Å²) in [6.45, 7) is 4.79. The molecule has 1 aliphatic rings. The quantitative estimate of drug-likeness (QED) is 0.807. The van der Waals surface area contributed by atoms with Crippen LogP contribution in [0.4, 0.5) is 0 Å². The number of aromatic nitrogens is 2. The summed E-state index contributed by atoms with van der Waals surface area (Å²) in [4.78, 5) is 0. The minimum absolute atomic E-state index is 0.369. The van der Waals surface area contributed by atoms with Gasteiger partial charge in [0.25, 0.3) is 0 Å². The smallest absolute Gasteiger partial charge is 0.0889 e. The highest BCUT2D eigenvalue weighted by Crippen LogP contribution is 2.10. The average Bonchev–Trinajstić information content (AvgIpc) is 2.56. The molecule has 1 aromatic heterocycles. The molecule has 1 aliphatic heterocycles. The van der Waals surface area contributed by atoms with E-state index in [9.17, 15) is 0 Å². The van der Waals surface area contributed by atoms with Crippen molar-refractivity contribution in [1.82, 2.24) is 15.1 Å². The summed E-state index contributed by atoms with van der Waals surface area (Å²) in [6.07, 6.45) is 2.76. The minimum atomic E-state index is 0.369. The topological polar surface area (TPSA) is 39.1 Å². The lowest BCUT2D eigenvalue weighted by Gasteiger charge is -2.22. The number of nitrogens with one attached hydrogen (secondary N) is 1. The molecule has 0 bridgehead atoms. The molecule has 1 N–H and O–H groups in total. The van der Waals surface area contributed by atoms with Crippen LogP contribution in [0.15, 0.2) is 6.07 Å². The lowest BCUT2D eigenvalue weighted by Crippen LogP contribution is -2.35. The van der Waals surface area contributed by atoms with E-state index in [4.69, 9.17) is 4.74 Å². The van der Waals surface area contributed by atoms with Crippen LogP contribution in [0.1, 0.15) is 24.2 Å². The fourth-order valence-electron chi connectivity index (χ4n) is 1.96. The molecular weight excluding hydrogens is 190 g/mol. The van der Waals surface area contributed by atoms with E-state index in [1.807, 2.05) is 18.7 Å². The second kappa shape index (κ2) is 4.77. The predicted octanol–water partition coefficient (Wildman–Crippen LogP) is 0.997. The van der Waals surface area contributed by atoms with Crippen LogP contribution >= 0.6 is 0 Å². The number of aryl methyl sites for hydroxylation is 2. The van der Waals surface area contributed by atoms with Crippen LogP contribution in [0.3, 0.4) is 0 Å². The second-order valence-electron chi connectivity index (χ2n) is 4.18. The molecule has 1 atom stereocenters. The van der Waals surface area contributed by atoms with Gasteiger partial charge < -0.3 is 10.1 Å². The molecule has 84 valence electrons. The van der Waals surface area contributed by atoms with E-state index >= 15 is 0 Å². The van der Waals surface area contributed by atoms with Crippen LogP contribution in [-0.4, -0.2) is 29.0 Å². The summed E-state index contributed by atoms with van der Waals surface area (Å²) in [7, 11) is 1.96. The third-order valence-corrected chi connectivity index (χ3v) is 2.82. The number of rotatable bonds is 3. The maximum absolute atomic E-state index is 5.84. The zero-order valence-corrected chi connectivity index (χ0v) is 9.49. The van der Waals surface area contributed by atoms with Crippen LogP contribution in [0.2, 0.25) is 0 Å². The third-order valence-electron chi connectivity index (χ3n) is 2.82. The first-order valence-corrected chi connectivity index (χ1v) is 5.57. The van der Waals surface area contributed by atoms with E-state index in [-0.39, 0.29) is 0 Å². The first-order chi connectivity index (χ1) is 7.25. The highest BCUT2D eigenvalue weighted by Gasteiger charge is 2.13. The van der Waals surface area contributed by atoms with Gasteiger partial charge in [0.1, 0.15) is 0 Å². The number of piperidine rings is 1. The Bertz CT molecular complexity index is 316. The molecule has 2 rings (SSSR count). The van der Waals surface area contributed by atoms with E-state index in [0.29, 0.717) is 12.7 Å². The largest absolute Gasteiger partial charge is 0.371 e. The maximum atomic E-state index is 5.84. The first kappa shape index (κ1) is 10.6. The lowest BCUT2D eigenvalue weighted by atomic mass is 10.1. The van der Waals surface area contributed by atoms with Crippen LogP contribution in [0.5, 0.6) is 0 Å². The van der Waals surface area contributed by atoms with Gasteiger partial charge in [0.05, 0.1) is 24.1 Å². The lowest BCUT2D eigenvalue weighted by molar-refractivity contribution is 0.0222. The number of hydrogen-bond acceptors (Lipinski definition) is 3. The Balaban J connectivity index is 1.84. The Morgan fingerprint density at radius 3 is 3.13 bits per heavy atom. The summed E-state index contributed by atoms with van der Waals surface area (Å²) < 4.78 is 7.73. The molecular formula is C11H19N3O. The molecule has 1 unspecified atom stereocenters. The fraction of sp³-hybridized carbons (Fsp3) is 0.727. The molecule has 15 heavy (non-hydrogen) atoms. The van der Waals surface area contributed by atoms with Crippen molar-refractivity contribution in [1.29, 1.82) is 0 Å². The molecule has 1 aromatic rings. The summed E-state index contributed by atoms with van der Waals surface area (Å²) in [5.74, 6) is 0. The molecule has 2 heterocycles. The van der Waals surface area contributed by atoms with Crippen molar-refractivity contribution in [2.75, 3.05) is 13.1 Å². The molecule has 0 radical (unpaired) electrons. The maximum Gasteiger partial charge on any atom is 0.0889 e. The molecule has 0 aromatic carbocycles. The van der Waals surface area contributed by atoms with Gasteiger partial charge >= 0.3 is 0 Å². The van der Waals surface area contributed by atoms with Gasteiger partial charge in [-0.3, -0.25) is 4.68 Å². The van der Waals surface area contributed by atoms with Crippen LogP contribution < -0.4 is 5.32 Å². The molecule has 0 saturated carbocycles.